The summed E-state index contributed by atoms with van der Waals surface area (Å²) in [7, 11) is 0. The molecule has 0 aromatic heterocycles. The van der Waals surface area contributed by atoms with E-state index in [1.54, 1.807) is 0 Å². The van der Waals surface area contributed by atoms with Crippen LogP contribution in [-0.2, 0) is 19.2 Å². The zero-order chi connectivity index (χ0) is 11.5. The number of imide groups is 1. The lowest BCUT2D eigenvalue weighted by Gasteiger charge is -2.21. The van der Waals surface area contributed by atoms with Crippen molar-refractivity contribution in [3.63, 3.8) is 0 Å². The summed E-state index contributed by atoms with van der Waals surface area (Å²) in [6.07, 6.45) is 6.88. The van der Waals surface area contributed by atoms with Gasteiger partial charge >= 0.3 is 5.97 Å². The molecule has 0 saturated heterocycles. The third-order valence-electron chi connectivity index (χ3n) is 2.89. The molecule has 0 unspecified atom stereocenters. The van der Waals surface area contributed by atoms with Crippen molar-refractivity contribution in [2.45, 2.75) is 32.1 Å². The van der Waals surface area contributed by atoms with E-state index < -0.39 is 17.8 Å². The van der Waals surface area contributed by atoms with Crippen LogP contribution in [0.15, 0.2) is 12.2 Å². The third kappa shape index (κ3) is 2.13. The Labute approximate surface area is 93.0 Å². The summed E-state index contributed by atoms with van der Waals surface area (Å²) in [6.45, 7) is 0. The minimum absolute atomic E-state index is 0.171. The molecule has 5 nitrogen and oxygen atoms in total. The van der Waals surface area contributed by atoms with E-state index in [0.29, 0.717) is 5.06 Å². The average molecular weight is 223 g/mol. The van der Waals surface area contributed by atoms with Gasteiger partial charge in [0.25, 0.3) is 11.8 Å². The van der Waals surface area contributed by atoms with Gasteiger partial charge in [0, 0.05) is 12.2 Å². The number of hydroxylamine groups is 2. The fourth-order valence-corrected chi connectivity index (χ4v) is 1.98. The molecule has 1 fully saturated rings. The molecule has 5 heteroatoms. The topological polar surface area (TPSA) is 63.7 Å². The van der Waals surface area contributed by atoms with Crippen LogP contribution in [-0.4, -0.2) is 22.8 Å². The van der Waals surface area contributed by atoms with Crippen LogP contribution in [0.3, 0.4) is 0 Å². The Morgan fingerprint density at radius 1 is 1.12 bits per heavy atom. The fraction of sp³-hybridized carbons (Fsp3) is 0.545. The first kappa shape index (κ1) is 10.9. The van der Waals surface area contributed by atoms with Crippen molar-refractivity contribution in [2.75, 3.05) is 0 Å². The van der Waals surface area contributed by atoms with Gasteiger partial charge in [-0.25, -0.2) is 4.79 Å². The summed E-state index contributed by atoms with van der Waals surface area (Å²) in [5.41, 5.74) is 0. The van der Waals surface area contributed by atoms with Crippen molar-refractivity contribution in [3.05, 3.63) is 12.2 Å². The van der Waals surface area contributed by atoms with E-state index in [1.807, 2.05) is 0 Å². The Morgan fingerprint density at radius 2 is 1.69 bits per heavy atom. The predicted octanol–water partition coefficient (Wildman–Crippen LogP) is 0.950. The quantitative estimate of drug-likeness (QED) is 0.654. The molecule has 2 aliphatic rings. The molecule has 0 spiro atoms. The Hall–Kier alpha value is -1.65. The molecule has 0 aromatic carbocycles. The Morgan fingerprint density at radius 3 is 2.25 bits per heavy atom. The average Bonchev–Trinajstić information content (AvgIpc) is 2.62. The van der Waals surface area contributed by atoms with Crippen molar-refractivity contribution in [1.82, 2.24) is 5.06 Å². The Balaban J connectivity index is 1.91. The number of nitrogens with zero attached hydrogens (tertiary/aromatic N) is 1. The van der Waals surface area contributed by atoms with Gasteiger partial charge in [-0.3, -0.25) is 9.59 Å². The number of carbonyl (C=O) groups excluding carboxylic acids is 3. The van der Waals surface area contributed by atoms with Crippen LogP contribution in [0.4, 0.5) is 0 Å². The second-order valence-electron chi connectivity index (χ2n) is 4.05. The van der Waals surface area contributed by atoms with Gasteiger partial charge in [-0.15, -0.1) is 0 Å². The first-order valence-electron chi connectivity index (χ1n) is 5.46. The monoisotopic (exact) mass is 223 g/mol. The summed E-state index contributed by atoms with van der Waals surface area (Å²) in [5, 5.41) is 0.525. The summed E-state index contributed by atoms with van der Waals surface area (Å²) in [5.74, 6) is -1.82. The minimum Gasteiger partial charge on any atom is -0.329 e. The molecule has 16 heavy (non-hydrogen) atoms. The highest BCUT2D eigenvalue weighted by Crippen LogP contribution is 2.25. The third-order valence-corrected chi connectivity index (χ3v) is 2.89. The molecular weight excluding hydrogens is 210 g/mol. The minimum atomic E-state index is -0.589. The molecule has 0 bridgehead atoms. The highest BCUT2D eigenvalue weighted by atomic mass is 16.7. The zero-order valence-corrected chi connectivity index (χ0v) is 8.85. The molecule has 2 rings (SSSR count). The maximum absolute atomic E-state index is 11.6. The van der Waals surface area contributed by atoms with Crippen LogP contribution >= 0.6 is 0 Å². The van der Waals surface area contributed by atoms with E-state index in [4.69, 9.17) is 4.84 Å². The first-order chi connectivity index (χ1) is 7.68. The van der Waals surface area contributed by atoms with Gasteiger partial charge in [0.2, 0.25) is 0 Å². The highest BCUT2D eigenvalue weighted by Gasteiger charge is 2.31. The summed E-state index contributed by atoms with van der Waals surface area (Å²) in [6, 6.07) is 0. The smallest absolute Gasteiger partial charge is 0.329 e. The molecule has 0 N–H and O–H groups in total. The van der Waals surface area contributed by atoms with E-state index in [1.165, 1.54) is 0 Å². The van der Waals surface area contributed by atoms with Gasteiger partial charge in [0.05, 0.1) is 5.92 Å². The van der Waals surface area contributed by atoms with Crippen molar-refractivity contribution in [3.8, 4) is 0 Å². The maximum Gasteiger partial charge on any atom is 0.336 e. The number of amides is 2. The molecule has 1 aliphatic carbocycles. The number of carbonyl (C=O) groups is 3. The Bertz CT molecular complexity index is 337. The predicted molar refractivity (Wildman–Crippen MR) is 53.7 cm³/mol. The van der Waals surface area contributed by atoms with Crippen LogP contribution in [0.1, 0.15) is 32.1 Å². The van der Waals surface area contributed by atoms with E-state index >= 15 is 0 Å². The van der Waals surface area contributed by atoms with E-state index in [-0.39, 0.29) is 5.92 Å². The molecule has 2 amide bonds. The zero-order valence-electron chi connectivity index (χ0n) is 8.85. The van der Waals surface area contributed by atoms with Crippen LogP contribution in [0, 0.1) is 5.92 Å². The standard InChI is InChI=1S/C11H13NO4/c13-9-6-7-10(14)12(9)16-11(15)8-4-2-1-3-5-8/h6-8H,1-5H2. The molecule has 1 heterocycles. The van der Waals surface area contributed by atoms with Gasteiger partial charge in [0.1, 0.15) is 0 Å². The number of hydrogen-bond donors (Lipinski definition) is 0. The van der Waals surface area contributed by atoms with Crippen molar-refractivity contribution < 1.29 is 19.2 Å². The number of rotatable bonds is 2. The van der Waals surface area contributed by atoms with Crippen LogP contribution in [0.2, 0.25) is 0 Å². The SMILES string of the molecule is O=C(ON1C(=O)C=CC1=O)C1CCCCC1. The van der Waals surface area contributed by atoms with Crippen molar-refractivity contribution in [2.24, 2.45) is 5.92 Å². The molecule has 86 valence electrons. The lowest BCUT2D eigenvalue weighted by atomic mass is 9.89. The van der Waals surface area contributed by atoms with E-state index in [2.05, 4.69) is 0 Å². The van der Waals surface area contributed by atoms with Gasteiger partial charge in [-0.05, 0) is 12.8 Å². The molecular formula is C11H13NO4. The van der Waals surface area contributed by atoms with E-state index in [9.17, 15) is 14.4 Å². The summed E-state index contributed by atoms with van der Waals surface area (Å²) >= 11 is 0. The lowest BCUT2D eigenvalue weighted by molar-refractivity contribution is -0.200. The molecule has 0 aromatic rings. The van der Waals surface area contributed by atoms with Crippen LogP contribution < -0.4 is 0 Å². The van der Waals surface area contributed by atoms with Gasteiger partial charge in [-0.1, -0.05) is 24.3 Å². The lowest BCUT2D eigenvalue weighted by Crippen LogP contribution is -2.35. The fourth-order valence-electron chi connectivity index (χ4n) is 1.98. The van der Waals surface area contributed by atoms with Gasteiger partial charge in [0.15, 0.2) is 0 Å². The second kappa shape index (κ2) is 4.47. The summed E-state index contributed by atoms with van der Waals surface area (Å²) < 4.78 is 0. The maximum atomic E-state index is 11.6. The molecule has 0 radical (unpaired) electrons. The molecule has 0 atom stereocenters. The first-order valence-corrected chi connectivity index (χ1v) is 5.46. The second-order valence-corrected chi connectivity index (χ2v) is 4.05. The Kier molecular flexibility index (Phi) is 3.03. The van der Waals surface area contributed by atoms with Crippen molar-refractivity contribution >= 4 is 17.8 Å². The summed E-state index contributed by atoms with van der Waals surface area (Å²) in [4.78, 5) is 38.7. The molecule has 1 aliphatic heterocycles. The van der Waals surface area contributed by atoms with E-state index in [0.717, 1.165) is 44.3 Å². The van der Waals surface area contributed by atoms with Gasteiger partial charge in [-0.2, -0.15) is 0 Å². The molecule has 1 saturated carbocycles. The number of hydrogen-bond acceptors (Lipinski definition) is 4. The van der Waals surface area contributed by atoms with Crippen LogP contribution in [0.5, 0.6) is 0 Å². The van der Waals surface area contributed by atoms with Gasteiger partial charge < -0.3 is 4.84 Å². The highest BCUT2D eigenvalue weighted by molar-refractivity contribution is 6.12. The normalized spacial score (nSPS) is 21.6. The largest absolute Gasteiger partial charge is 0.336 e. The van der Waals surface area contributed by atoms with Crippen LogP contribution in [0.25, 0.3) is 0 Å². The van der Waals surface area contributed by atoms with Crippen molar-refractivity contribution in [1.29, 1.82) is 0 Å².